The van der Waals surface area contributed by atoms with E-state index in [9.17, 15) is 14.4 Å². The van der Waals surface area contributed by atoms with Crippen LogP contribution >= 0.6 is 0 Å². The number of hydrogen-bond acceptors (Lipinski definition) is 3. The summed E-state index contributed by atoms with van der Waals surface area (Å²) < 4.78 is 0. The van der Waals surface area contributed by atoms with Crippen LogP contribution in [0.4, 0.5) is 0 Å². The van der Waals surface area contributed by atoms with Gasteiger partial charge in [0.1, 0.15) is 5.78 Å². The van der Waals surface area contributed by atoms with Crippen LogP contribution in [0, 0.1) is 5.41 Å². The van der Waals surface area contributed by atoms with Gasteiger partial charge in [0.05, 0.1) is 11.8 Å². The molecular weight excluding hydrogens is 176 g/mol. The van der Waals surface area contributed by atoms with Gasteiger partial charge in [-0.15, -0.1) is 0 Å². The van der Waals surface area contributed by atoms with E-state index >= 15 is 0 Å². The van der Waals surface area contributed by atoms with Gasteiger partial charge in [0.15, 0.2) is 0 Å². The average molecular weight is 186 g/mol. The molecule has 1 fully saturated rings. The van der Waals surface area contributed by atoms with E-state index in [0.29, 0.717) is 0 Å². The summed E-state index contributed by atoms with van der Waals surface area (Å²) in [5.41, 5.74) is -1.34. The van der Waals surface area contributed by atoms with Crippen LogP contribution in [0.2, 0.25) is 0 Å². The molecule has 1 aliphatic carbocycles. The molecule has 0 radical (unpaired) electrons. The van der Waals surface area contributed by atoms with E-state index in [2.05, 4.69) is 0 Å². The van der Waals surface area contributed by atoms with Gasteiger partial charge in [0, 0.05) is 12.8 Å². The van der Waals surface area contributed by atoms with Crippen molar-refractivity contribution in [3.05, 3.63) is 0 Å². The van der Waals surface area contributed by atoms with Crippen molar-refractivity contribution in [3.8, 4) is 0 Å². The summed E-state index contributed by atoms with van der Waals surface area (Å²) in [6.07, 6.45) is -0.282. The smallest absolute Gasteiger partial charge is 0.310 e. The number of rotatable bonds is 3. The highest BCUT2D eigenvalue weighted by molar-refractivity contribution is 5.92. The quantitative estimate of drug-likeness (QED) is 0.660. The molecule has 1 unspecified atom stereocenters. The van der Waals surface area contributed by atoms with Crippen LogP contribution in [0.15, 0.2) is 0 Å². The molecule has 13 heavy (non-hydrogen) atoms. The second kappa shape index (κ2) is 3.16. The van der Waals surface area contributed by atoms with Crippen molar-refractivity contribution in [2.45, 2.75) is 25.7 Å². The molecule has 0 aromatic heterocycles. The summed E-state index contributed by atoms with van der Waals surface area (Å²) >= 11 is 0. The average Bonchev–Trinajstić information content (AvgIpc) is 2.31. The van der Waals surface area contributed by atoms with E-state index in [1.54, 1.807) is 0 Å². The van der Waals surface area contributed by atoms with E-state index in [-0.39, 0.29) is 25.0 Å². The third-order valence-corrected chi connectivity index (χ3v) is 2.36. The van der Waals surface area contributed by atoms with Crippen LogP contribution in [0.1, 0.15) is 25.7 Å². The monoisotopic (exact) mass is 186 g/mol. The van der Waals surface area contributed by atoms with Crippen LogP contribution in [0.3, 0.4) is 0 Å². The minimum atomic E-state index is -1.34. The molecule has 1 rings (SSSR count). The molecule has 0 amide bonds. The predicted molar refractivity (Wildman–Crippen MR) is 41.2 cm³/mol. The molecule has 1 saturated carbocycles. The van der Waals surface area contributed by atoms with Crippen LogP contribution in [-0.4, -0.2) is 27.9 Å². The van der Waals surface area contributed by atoms with Crippen molar-refractivity contribution in [2.75, 3.05) is 0 Å². The standard InChI is InChI=1S/C8H10O5/c9-5-1-2-8(3-5,7(12)13)4-6(10)11/h1-4H2,(H,10,11)(H,12,13). The lowest BCUT2D eigenvalue weighted by Gasteiger charge is -2.19. The number of hydrogen-bond donors (Lipinski definition) is 2. The van der Waals surface area contributed by atoms with Crippen molar-refractivity contribution in [3.63, 3.8) is 0 Å². The Labute approximate surface area is 74.4 Å². The molecule has 0 aliphatic heterocycles. The Balaban J connectivity index is 2.83. The second-order valence-electron chi connectivity index (χ2n) is 3.37. The van der Waals surface area contributed by atoms with E-state index in [1.807, 2.05) is 0 Å². The molecule has 1 aliphatic rings. The highest BCUT2D eigenvalue weighted by Gasteiger charge is 2.46. The van der Waals surface area contributed by atoms with Gasteiger partial charge in [-0.3, -0.25) is 14.4 Å². The zero-order valence-corrected chi connectivity index (χ0v) is 6.95. The highest BCUT2D eigenvalue weighted by atomic mass is 16.4. The van der Waals surface area contributed by atoms with Crippen LogP contribution < -0.4 is 0 Å². The lowest BCUT2D eigenvalue weighted by atomic mass is 9.83. The minimum Gasteiger partial charge on any atom is -0.481 e. The van der Waals surface area contributed by atoms with Crippen molar-refractivity contribution < 1.29 is 24.6 Å². The summed E-state index contributed by atoms with van der Waals surface area (Å²) in [7, 11) is 0. The summed E-state index contributed by atoms with van der Waals surface area (Å²) in [6.45, 7) is 0. The van der Waals surface area contributed by atoms with Gasteiger partial charge in [-0.25, -0.2) is 0 Å². The lowest BCUT2D eigenvalue weighted by Crippen LogP contribution is -2.31. The molecule has 0 aromatic rings. The highest BCUT2D eigenvalue weighted by Crippen LogP contribution is 2.39. The zero-order chi connectivity index (χ0) is 10.1. The van der Waals surface area contributed by atoms with Gasteiger partial charge in [0.25, 0.3) is 0 Å². The van der Waals surface area contributed by atoms with Crippen molar-refractivity contribution >= 4 is 17.7 Å². The summed E-state index contributed by atoms with van der Waals surface area (Å²) in [5.74, 6) is -2.51. The largest absolute Gasteiger partial charge is 0.481 e. The lowest BCUT2D eigenvalue weighted by molar-refractivity contribution is -0.155. The summed E-state index contributed by atoms with van der Waals surface area (Å²) in [4.78, 5) is 32.1. The first-order valence-corrected chi connectivity index (χ1v) is 3.93. The van der Waals surface area contributed by atoms with Crippen LogP contribution in [0.5, 0.6) is 0 Å². The zero-order valence-electron chi connectivity index (χ0n) is 6.95. The Bertz CT molecular complexity index is 270. The van der Waals surface area contributed by atoms with E-state index < -0.39 is 23.8 Å². The number of Topliss-reactive ketones (excluding diaryl/α,β-unsaturated/α-hetero) is 1. The fraction of sp³-hybridized carbons (Fsp3) is 0.625. The molecule has 5 nitrogen and oxygen atoms in total. The molecule has 0 aromatic carbocycles. The van der Waals surface area contributed by atoms with Crippen molar-refractivity contribution in [1.82, 2.24) is 0 Å². The van der Waals surface area contributed by atoms with E-state index in [0.717, 1.165) is 0 Å². The predicted octanol–water partition coefficient (Wildman–Crippen LogP) is 0.285. The maximum absolute atomic E-state index is 10.9. The van der Waals surface area contributed by atoms with Gasteiger partial charge >= 0.3 is 11.9 Å². The summed E-state index contributed by atoms with van der Waals surface area (Å²) in [5, 5.41) is 17.3. The van der Waals surface area contributed by atoms with Crippen molar-refractivity contribution in [1.29, 1.82) is 0 Å². The Morgan fingerprint density at radius 3 is 2.31 bits per heavy atom. The molecule has 0 saturated heterocycles. The number of aliphatic carboxylic acids is 2. The van der Waals surface area contributed by atoms with Crippen molar-refractivity contribution in [2.24, 2.45) is 5.41 Å². The second-order valence-corrected chi connectivity index (χ2v) is 3.37. The Morgan fingerprint density at radius 2 is 2.00 bits per heavy atom. The van der Waals surface area contributed by atoms with Gasteiger partial charge in [0.2, 0.25) is 0 Å². The topological polar surface area (TPSA) is 91.7 Å². The normalized spacial score (nSPS) is 27.5. The number of carboxylic acid groups (broad SMARTS) is 2. The number of carbonyl (C=O) groups is 3. The maximum Gasteiger partial charge on any atom is 0.310 e. The number of ketones is 1. The third-order valence-electron chi connectivity index (χ3n) is 2.36. The van der Waals surface area contributed by atoms with Gasteiger partial charge in [-0.05, 0) is 6.42 Å². The molecule has 2 N–H and O–H groups in total. The summed E-state index contributed by atoms with van der Waals surface area (Å²) in [6, 6.07) is 0. The Hall–Kier alpha value is -1.39. The SMILES string of the molecule is O=C(O)CC1(C(=O)O)CCC(=O)C1. The van der Waals surface area contributed by atoms with Gasteiger partial charge < -0.3 is 10.2 Å². The van der Waals surface area contributed by atoms with E-state index in [4.69, 9.17) is 10.2 Å². The van der Waals surface area contributed by atoms with Crippen LogP contribution in [-0.2, 0) is 14.4 Å². The molecule has 0 spiro atoms. The fourth-order valence-corrected chi connectivity index (χ4v) is 1.63. The Morgan fingerprint density at radius 1 is 1.38 bits per heavy atom. The molecule has 72 valence electrons. The third kappa shape index (κ3) is 1.85. The number of carboxylic acids is 2. The van der Waals surface area contributed by atoms with Gasteiger partial charge in [-0.1, -0.05) is 0 Å². The van der Waals surface area contributed by atoms with E-state index in [1.165, 1.54) is 0 Å². The van der Waals surface area contributed by atoms with Crippen LogP contribution in [0.25, 0.3) is 0 Å². The first-order chi connectivity index (χ1) is 5.96. The first-order valence-electron chi connectivity index (χ1n) is 3.93. The molecule has 1 atom stereocenters. The molecule has 5 heteroatoms. The molecule has 0 bridgehead atoms. The first kappa shape index (κ1) is 9.70. The maximum atomic E-state index is 10.9. The Kier molecular flexibility index (Phi) is 2.36. The molecule has 0 heterocycles. The minimum absolute atomic E-state index is 0.144. The van der Waals surface area contributed by atoms with Gasteiger partial charge in [-0.2, -0.15) is 0 Å². The molecular formula is C8H10O5. The fourth-order valence-electron chi connectivity index (χ4n) is 1.63. The number of carbonyl (C=O) groups excluding carboxylic acids is 1.